The molecule has 6 nitrogen and oxygen atoms in total. The molecule has 1 unspecified atom stereocenters. The summed E-state index contributed by atoms with van der Waals surface area (Å²) in [5, 5.41) is 19.4. The molecule has 0 spiro atoms. The van der Waals surface area contributed by atoms with Gasteiger partial charge in [-0.05, 0) is 31.9 Å². The Kier molecular flexibility index (Phi) is 6.17. The summed E-state index contributed by atoms with van der Waals surface area (Å²) in [6.45, 7) is 5.17. The van der Waals surface area contributed by atoms with Crippen molar-refractivity contribution >= 4 is 6.03 Å². The molecule has 0 fully saturated rings. The van der Waals surface area contributed by atoms with Gasteiger partial charge in [0.2, 0.25) is 0 Å². The van der Waals surface area contributed by atoms with Crippen molar-refractivity contribution in [1.29, 1.82) is 0 Å². The van der Waals surface area contributed by atoms with Crippen LogP contribution in [0.4, 0.5) is 4.79 Å². The van der Waals surface area contributed by atoms with Crippen LogP contribution in [0.2, 0.25) is 0 Å². The van der Waals surface area contributed by atoms with Crippen LogP contribution in [0.3, 0.4) is 0 Å². The summed E-state index contributed by atoms with van der Waals surface area (Å²) in [5.41, 5.74) is 3.01. The minimum absolute atomic E-state index is 0.136. The number of hydrogen-bond acceptors (Lipinski definition) is 3. The van der Waals surface area contributed by atoms with Gasteiger partial charge in [0.25, 0.3) is 0 Å². The summed E-state index contributed by atoms with van der Waals surface area (Å²) in [6, 6.07) is 10.8. The Morgan fingerprint density at radius 3 is 2.65 bits per heavy atom. The highest BCUT2D eigenvalue weighted by Gasteiger charge is 2.12. The maximum atomic E-state index is 11.9. The molecule has 0 saturated heterocycles. The molecular formula is C17H24N4O2. The molecule has 0 bridgehead atoms. The normalized spacial score (nSPS) is 12.0. The van der Waals surface area contributed by atoms with Crippen LogP contribution in [0.5, 0.6) is 0 Å². The van der Waals surface area contributed by atoms with E-state index in [4.69, 9.17) is 0 Å². The largest absolute Gasteiger partial charge is 0.394 e. The third-order valence-electron chi connectivity index (χ3n) is 3.63. The minimum Gasteiger partial charge on any atom is -0.394 e. The van der Waals surface area contributed by atoms with Crippen LogP contribution < -0.4 is 10.6 Å². The zero-order chi connectivity index (χ0) is 16.7. The summed E-state index contributed by atoms with van der Waals surface area (Å²) in [7, 11) is 0. The van der Waals surface area contributed by atoms with Gasteiger partial charge in [0.05, 0.1) is 18.3 Å². The first-order chi connectivity index (χ1) is 11.1. The number of carbonyl (C=O) groups is 1. The van der Waals surface area contributed by atoms with Crippen molar-refractivity contribution in [3.63, 3.8) is 0 Å². The number of carbonyl (C=O) groups excluding carboxylic acids is 1. The zero-order valence-electron chi connectivity index (χ0n) is 13.6. The Morgan fingerprint density at radius 1 is 1.30 bits per heavy atom. The number of aliphatic hydroxyl groups excluding tert-OH is 1. The van der Waals surface area contributed by atoms with Gasteiger partial charge in [-0.15, -0.1) is 0 Å². The molecule has 0 radical (unpaired) electrons. The van der Waals surface area contributed by atoms with Gasteiger partial charge < -0.3 is 15.7 Å². The first-order valence-corrected chi connectivity index (χ1v) is 7.81. The van der Waals surface area contributed by atoms with E-state index in [-0.39, 0.29) is 12.6 Å². The number of nitrogens with one attached hydrogen (secondary N) is 2. The molecule has 6 heteroatoms. The second kappa shape index (κ2) is 8.33. The number of aliphatic hydroxyl groups is 1. The van der Waals surface area contributed by atoms with E-state index in [0.29, 0.717) is 6.54 Å². The Hall–Kier alpha value is -2.34. The molecule has 23 heavy (non-hydrogen) atoms. The van der Waals surface area contributed by atoms with Crippen molar-refractivity contribution in [1.82, 2.24) is 20.4 Å². The van der Waals surface area contributed by atoms with E-state index in [9.17, 15) is 9.90 Å². The monoisotopic (exact) mass is 316 g/mol. The third kappa shape index (κ3) is 5.10. The number of rotatable bonds is 7. The number of aryl methyl sites for hydroxylation is 3. The summed E-state index contributed by atoms with van der Waals surface area (Å²) in [4.78, 5) is 11.9. The molecule has 3 N–H and O–H groups in total. The Balaban J connectivity index is 1.73. The Morgan fingerprint density at radius 2 is 2.04 bits per heavy atom. The van der Waals surface area contributed by atoms with Crippen LogP contribution in [0.15, 0.2) is 36.4 Å². The Bertz CT molecular complexity index is 625. The standard InChI is InChI=1S/C17H24N4O2/c1-13-11-14(2)21(20-13)10-6-9-18-17(23)19-16(12-22)15-7-4-3-5-8-15/h3-5,7-8,11,16,22H,6,9-10,12H2,1-2H3,(H2,18,19,23). The van der Waals surface area contributed by atoms with Gasteiger partial charge >= 0.3 is 6.03 Å². The van der Waals surface area contributed by atoms with Gasteiger partial charge in [-0.2, -0.15) is 5.10 Å². The summed E-state index contributed by atoms with van der Waals surface area (Å²) in [5.74, 6) is 0. The summed E-state index contributed by atoms with van der Waals surface area (Å²) < 4.78 is 1.94. The number of nitrogens with zero attached hydrogens (tertiary/aromatic N) is 2. The fraction of sp³-hybridized carbons (Fsp3) is 0.412. The lowest BCUT2D eigenvalue weighted by Gasteiger charge is -2.17. The first-order valence-electron chi connectivity index (χ1n) is 7.81. The molecule has 1 aromatic carbocycles. The maximum absolute atomic E-state index is 11.9. The van der Waals surface area contributed by atoms with Crippen molar-refractivity contribution in [2.45, 2.75) is 32.9 Å². The molecule has 1 heterocycles. The van der Waals surface area contributed by atoms with E-state index in [2.05, 4.69) is 15.7 Å². The Labute approximate surface area is 136 Å². The van der Waals surface area contributed by atoms with E-state index in [1.54, 1.807) is 0 Å². The van der Waals surface area contributed by atoms with Crippen molar-refractivity contribution in [2.75, 3.05) is 13.2 Å². The first kappa shape index (κ1) is 17.0. The van der Waals surface area contributed by atoms with Crippen LogP contribution in [0, 0.1) is 13.8 Å². The van der Waals surface area contributed by atoms with Crippen LogP contribution >= 0.6 is 0 Å². The predicted molar refractivity (Wildman–Crippen MR) is 89.1 cm³/mol. The summed E-state index contributed by atoms with van der Waals surface area (Å²) in [6.07, 6.45) is 0.796. The van der Waals surface area contributed by atoms with E-state index >= 15 is 0 Å². The van der Waals surface area contributed by atoms with Crippen LogP contribution in [-0.2, 0) is 6.54 Å². The highest BCUT2D eigenvalue weighted by molar-refractivity contribution is 5.74. The van der Waals surface area contributed by atoms with Gasteiger partial charge in [0.15, 0.2) is 0 Å². The highest BCUT2D eigenvalue weighted by atomic mass is 16.3. The molecular weight excluding hydrogens is 292 g/mol. The maximum Gasteiger partial charge on any atom is 0.315 e. The van der Waals surface area contributed by atoms with Crippen molar-refractivity contribution in [2.24, 2.45) is 0 Å². The van der Waals surface area contributed by atoms with E-state index in [1.165, 1.54) is 0 Å². The molecule has 0 saturated carbocycles. The van der Waals surface area contributed by atoms with Gasteiger partial charge in [-0.1, -0.05) is 30.3 Å². The third-order valence-corrected chi connectivity index (χ3v) is 3.63. The molecule has 1 atom stereocenters. The molecule has 0 aliphatic rings. The fourth-order valence-corrected chi connectivity index (χ4v) is 2.46. The number of amides is 2. The molecule has 0 aliphatic carbocycles. The summed E-state index contributed by atoms with van der Waals surface area (Å²) >= 11 is 0. The molecule has 2 aromatic rings. The number of benzene rings is 1. The SMILES string of the molecule is Cc1cc(C)n(CCCNC(=O)NC(CO)c2ccccc2)n1. The molecule has 2 rings (SSSR count). The average Bonchev–Trinajstić information content (AvgIpc) is 2.87. The lowest BCUT2D eigenvalue weighted by molar-refractivity contribution is 0.216. The predicted octanol–water partition coefficient (Wildman–Crippen LogP) is 1.92. The van der Waals surface area contributed by atoms with Crippen LogP contribution in [0.1, 0.15) is 29.4 Å². The lowest BCUT2D eigenvalue weighted by atomic mass is 10.1. The van der Waals surface area contributed by atoms with Gasteiger partial charge in [0.1, 0.15) is 0 Å². The van der Waals surface area contributed by atoms with E-state index in [0.717, 1.165) is 29.9 Å². The second-order valence-corrected chi connectivity index (χ2v) is 5.55. The fourth-order valence-electron chi connectivity index (χ4n) is 2.46. The smallest absolute Gasteiger partial charge is 0.315 e. The van der Waals surface area contributed by atoms with E-state index < -0.39 is 6.04 Å². The quantitative estimate of drug-likeness (QED) is 0.683. The average molecular weight is 316 g/mol. The van der Waals surface area contributed by atoms with Gasteiger partial charge in [0, 0.05) is 18.8 Å². The number of hydrogen-bond donors (Lipinski definition) is 3. The molecule has 0 aliphatic heterocycles. The van der Waals surface area contributed by atoms with Gasteiger partial charge in [-0.3, -0.25) is 4.68 Å². The number of urea groups is 1. The van der Waals surface area contributed by atoms with Crippen molar-refractivity contribution in [3.05, 3.63) is 53.3 Å². The zero-order valence-corrected chi connectivity index (χ0v) is 13.6. The lowest BCUT2D eigenvalue weighted by Crippen LogP contribution is -2.39. The number of aromatic nitrogens is 2. The minimum atomic E-state index is -0.396. The van der Waals surface area contributed by atoms with E-state index in [1.807, 2.05) is 54.9 Å². The second-order valence-electron chi connectivity index (χ2n) is 5.55. The highest BCUT2D eigenvalue weighted by Crippen LogP contribution is 2.11. The molecule has 1 aromatic heterocycles. The van der Waals surface area contributed by atoms with Crippen molar-refractivity contribution < 1.29 is 9.90 Å². The molecule has 2 amide bonds. The molecule has 124 valence electrons. The topological polar surface area (TPSA) is 79.2 Å². The van der Waals surface area contributed by atoms with Crippen LogP contribution in [-0.4, -0.2) is 34.1 Å². The van der Waals surface area contributed by atoms with Crippen LogP contribution in [0.25, 0.3) is 0 Å². The van der Waals surface area contributed by atoms with Crippen molar-refractivity contribution in [3.8, 4) is 0 Å². The van der Waals surface area contributed by atoms with Gasteiger partial charge in [-0.25, -0.2) is 4.79 Å².